The zero-order valence-electron chi connectivity index (χ0n) is 20.2. The molecule has 0 N–H and O–H groups in total. The number of carbonyl (C=O) groups is 2. The van der Waals surface area contributed by atoms with Gasteiger partial charge in [0.15, 0.2) is 5.76 Å². The Bertz CT molecular complexity index is 1210. The Hall–Kier alpha value is -4.06. The molecule has 0 radical (unpaired) electrons. The maximum atomic E-state index is 13.6. The highest BCUT2D eigenvalue weighted by Gasteiger charge is 2.26. The maximum absolute atomic E-state index is 13.6. The van der Waals surface area contributed by atoms with Gasteiger partial charge in [-0.3, -0.25) is 9.59 Å². The lowest BCUT2D eigenvalue weighted by Gasteiger charge is -2.30. The predicted molar refractivity (Wildman–Crippen MR) is 136 cm³/mol. The summed E-state index contributed by atoms with van der Waals surface area (Å²) in [7, 11) is 0. The number of rotatable bonds is 10. The van der Waals surface area contributed by atoms with Crippen molar-refractivity contribution in [3.8, 4) is 0 Å². The van der Waals surface area contributed by atoms with Crippen molar-refractivity contribution in [1.82, 2.24) is 14.4 Å². The van der Waals surface area contributed by atoms with Gasteiger partial charge in [0.1, 0.15) is 6.54 Å². The zero-order chi connectivity index (χ0) is 24.6. The average Bonchev–Trinajstić information content (AvgIpc) is 3.55. The van der Waals surface area contributed by atoms with Crippen LogP contribution in [0.25, 0.3) is 0 Å². The first-order chi connectivity index (χ1) is 17.0. The first-order valence-corrected chi connectivity index (χ1v) is 11.9. The number of hydrogen-bond donors (Lipinski definition) is 0. The van der Waals surface area contributed by atoms with Crippen LogP contribution >= 0.6 is 0 Å². The van der Waals surface area contributed by atoms with Gasteiger partial charge in [0.25, 0.3) is 5.91 Å². The molecule has 6 nitrogen and oxygen atoms in total. The van der Waals surface area contributed by atoms with Crippen molar-refractivity contribution in [2.24, 2.45) is 0 Å². The SMILES string of the molecule is CC(C)N(CC(=O)N(Cc1ccccc1)Cc1cccn1Cc1ccccc1)C(=O)c1ccco1. The summed E-state index contributed by atoms with van der Waals surface area (Å²) in [5.74, 6) is -0.168. The van der Waals surface area contributed by atoms with Crippen LogP contribution in [0.3, 0.4) is 0 Å². The van der Waals surface area contributed by atoms with E-state index in [9.17, 15) is 9.59 Å². The van der Waals surface area contributed by atoms with E-state index in [0.717, 1.165) is 17.8 Å². The van der Waals surface area contributed by atoms with Crippen molar-refractivity contribution >= 4 is 11.8 Å². The van der Waals surface area contributed by atoms with Crippen LogP contribution in [0.15, 0.2) is 102 Å². The van der Waals surface area contributed by atoms with Gasteiger partial charge >= 0.3 is 0 Å². The third kappa shape index (κ3) is 6.29. The summed E-state index contributed by atoms with van der Waals surface area (Å²) in [5, 5.41) is 0. The minimum Gasteiger partial charge on any atom is -0.459 e. The summed E-state index contributed by atoms with van der Waals surface area (Å²) in [5.41, 5.74) is 3.27. The number of aromatic nitrogens is 1. The molecule has 180 valence electrons. The normalized spacial score (nSPS) is 10.9. The highest BCUT2D eigenvalue weighted by Crippen LogP contribution is 2.16. The smallest absolute Gasteiger partial charge is 0.290 e. The van der Waals surface area contributed by atoms with Crippen LogP contribution in [-0.4, -0.2) is 38.8 Å². The summed E-state index contributed by atoms with van der Waals surface area (Å²) < 4.78 is 7.46. The van der Waals surface area contributed by atoms with Crippen LogP contribution in [0.4, 0.5) is 0 Å². The van der Waals surface area contributed by atoms with Crippen LogP contribution in [0, 0.1) is 0 Å². The van der Waals surface area contributed by atoms with Gasteiger partial charge < -0.3 is 18.8 Å². The summed E-state index contributed by atoms with van der Waals surface area (Å²) in [6, 6.07) is 27.4. The fraction of sp³-hybridized carbons (Fsp3) is 0.241. The van der Waals surface area contributed by atoms with E-state index in [1.54, 1.807) is 17.0 Å². The molecule has 0 saturated carbocycles. The fourth-order valence-electron chi connectivity index (χ4n) is 4.04. The van der Waals surface area contributed by atoms with Gasteiger partial charge in [-0.1, -0.05) is 60.7 Å². The number of benzene rings is 2. The van der Waals surface area contributed by atoms with Gasteiger partial charge in [0.05, 0.1) is 12.8 Å². The van der Waals surface area contributed by atoms with Gasteiger partial charge in [-0.2, -0.15) is 0 Å². The average molecular weight is 470 g/mol. The van der Waals surface area contributed by atoms with Crippen molar-refractivity contribution in [2.75, 3.05) is 6.54 Å². The van der Waals surface area contributed by atoms with E-state index in [-0.39, 0.29) is 30.2 Å². The Balaban J connectivity index is 1.55. The molecule has 2 aromatic heterocycles. The second-order valence-corrected chi connectivity index (χ2v) is 8.85. The van der Waals surface area contributed by atoms with Crippen LogP contribution in [0.5, 0.6) is 0 Å². The minimum absolute atomic E-state index is 0.0244. The second kappa shape index (κ2) is 11.4. The Morgan fingerprint density at radius 3 is 2.14 bits per heavy atom. The summed E-state index contributed by atoms with van der Waals surface area (Å²) in [6.07, 6.45) is 3.50. The molecule has 4 aromatic rings. The van der Waals surface area contributed by atoms with Crippen molar-refractivity contribution in [2.45, 2.75) is 39.5 Å². The molecular formula is C29H31N3O3. The number of amides is 2. The largest absolute Gasteiger partial charge is 0.459 e. The highest BCUT2D eigenvalue weighted by molar-refractivity contribution is 5.94. The molecule has 4 rings (SSSR count). The number of nitrogens with zero attached hydrogens (tertiary/aromatic N) is 3. The highest BCUT2D eigenvalue weighted by atomic mass is 16.3. The van der Waals surface area contributed by atoms with Crippen molar-refractivity contribution in [3.63, 3.8) is 0 Å². The summed E-state index contributed by atoms with van der Waals surface area (Å²) >= 11 is 0. The summed E-state index contributed by atoms with van der Waals surface area (Å²) in [4.78, 5) is 30.0. The van der Waals surface area contributed by atoms with Crippen LogP contribution in [0.1, 0.15) is 41.2 Å². The molecule has 0 aliphatic heterocycles. The van der Waals surface area contributed by atoms with E-state index in [1.807, 2.05) is 85.6 Å². The van der Waals surface area contributed by atoms with E-state index >= 15 is 0 Å². The molecule has 0 atom stereocenters. The van der Waals surface area contributed by atoms with Gasteiger partial charge in [-0.15, -0.1) is 0 Å². The Labute approximate surface area is 206 Å². The number of hydrogen-bond acceptors (Lipinski definition) is 3. The molecule has 0 bridgehead atoms. The molecule has 35 heavy (non-hydrogen) atoms. The molecule has 0 spiro atoms. The monoisotopic (exact) mass is 469 g/mol. The van der Waals surface area contributed by atoms with Crippen molar-refractivity contribution in [3.05, 3.63) is 120 Å². The van der Waals surface area contributed by atoms with Gasteiger partial charge in [-0.25, -0.2) is 0 Å². The Morgan fingerprint density at radius 1 is 0.829 bits per heavy atom. The first kappa shape index (κ1) is 24.1. The molecule has 0 aliphatic rings. The second-order valence-electron chi connectivity index (χ2n) is 8.85. The molecule has 2 heterocycles. The third-order valence-corrected chi connectivity index (χ3v) is 5.96. The van der Waals surface area contributed by atoms with Crippen LogP contribution < -0.4 is 0 Å². The maximum Gasteiger partial charge on any atom is 0.290 e. The molecule has 2 amide bonds. The number of carbonyl (C=O) groups excluding carboxylic acids is 2. The molecule has 0 fully saturated rings. The number of furan rings is 1. The van der Waals surface area contributed by atoms with Gasteiger partial charge in [-0.05, 0) is 49.2 Å². The van der Waals surface area contributed by atoms with Crippen LogP contribution in [0.2, 0.25) is 0 Å². The molecular weight excluding hydrogens is 438 g/mol. The molecule has 2 aromatic carbocycles. The minimum atomic E-state index is -0.287. The molecule has 0 saturated heterocycles. The Morgan fingerprint density at radius 2 is 1.51 bits per heavy atom. The van der Waals surface area contributed by atoms with Crippen molar-refractivity contribution in [1.29, 1.82) is 0 Å². The fourth-order valence-corrected chi connectivity index (χ4v) is 4.04. The van der Waals surface area contributed by atoms with Crippen LogP contribution in [-0.2, 0) is 24.4 Å². The lowest BCUT2D eigenvalue weighted by molar-refractivity contribution is -0.133. The van der Waals surface area contributed by atoms with E-state index in [4.69, 9.17) is 4.42 Å². The van der Waals surface area contributed by atoms with Gasteiger partial charge in [0, 0.05) is 31.0 Å². The Kier molecular flexibility index (Phi) is 7.83. The lowest BCUT2D eigenvalue weighted by atomic mass is 10.2. The van der Waals surface area contributed by atoms with Gasteiger partial charge in [0.2, 0.25) is 5.91 Å². The standard InChI is InChI=1S/C29H31N3O3/c1-23(2)32(29(34)27-16-10-18-35-27)22-28(33)31(20-25-13-7-4-8-14-25)21-26-15-9-17-30(26)19-24-11-5-3-6-12-24/h3-18,23H,19-22H2,1-2H3. The predicted octanol–water partition coefficient (Wildman–Crippen LogP) is 5.21. The van der Waals surface area contributed by atoms with E-state index < -0.39 is 0 Å². The van der Waals surface area contributed by atoms with E-state index in [1.165, 1.54) is 11.8 Å². The molecule has 6 heteroatoms. The molecule has 0 unspecified atom stereocenters. The zero-order valence-corrected chi connectivity index (χ0v) is 20.2. The molecule has 0 aliphatic carbocycles. The first-order valence-electron chi connectivity index (χ1n) is 11.9. The third-order valence-electron chi connectivity index (χ3n) is 5.96. The van der Waals surface area contributed by atoms with E-state index in [2.05, 4.69) is 16.7 Å². The summed E-state index contributed by atoms with van der Waals surface area (Å²) in [6.45, 7) is 5.40. The quantitative estimate of drug-likeness (QED) is 0.320. The van der Waals surface area contributed by atoms with Crippen molar-refractivity contribution < 1.29 is 14.0 Å². The topological polar surface area (TPSA) is 58.7 Å². The lowest BCUT2D eigenvalue weighted by Crippen LogP contribution is -2.45. The van der Waals surface area contributed by atoms with E-state index in [0.29, 0.717) is 13.1 Å².